The first-order valence-corrected chi connectivity index (χ1v) is 11.0. The Hall–Kier alpha value is -2.70. The fourth-order valence-corrected chi connectivity index (χ4v) is 4.71. The molecule has 3 aromatic carbocycles. The number of hydrogen-bond donors (Lipinski definition) is 1. The van der Waals surface area contributed by atoms with E-state index >= 15 is 0 Å². The Kier molecular flexibility index (Phi) is 5.15. The summed E-state index contributed by atoms with van der Waals surface area (Å²) in [4.78, 5) is 0.186. The average Bonchev–Trinajstić information content (AvgIpc) is 3.04. The summed E-state index contributed by atoms with van der Waals surface area (Å²) in [6, 6.07) is 19.3. The predicted octanol–water partition coefficient (Wildman–Crippen LogP) is 5.39. The largest absolute Gasteiger partial charge is 0.494 e. The van der Waals surface area contributed by atoms with Crippen LogP contribution in [-0.4, -0.2) is 15.5 Å². The molecule has 5 nitrogen and oxygen atoms in total. The van der Waals surface area contributed by atoms with E-state index in [0.29, 0.717) is 22.2 Å². The van der Waals surface area contributed by atoms with Crippen LogP contribution in [0.25, 0.3) is 0 Å². The number of ether oxygens (including phenoxy) is 2. The molecule has 0 amide bonds. The highest BCUT2D eigenvalue weighted by Gasteiger charge is 2.34. The first-order chi connectivity index (χ1) is 13.9. The van der Waals surface area contributed by atoms with Crippen LogP contribution in [0.4, 0.5) is 5.69 Å². The highest BCUT2D eigenvalue weighted by molar-refractivity contribution is 7.92. The first-order valence-electron chi connectivity index (χ1n) is 9.11. The van der Waals surface area contributed by atoms with Crippen LogP contribution in [0.2, 0.25) is 5.02 Å². The molecule has 1 N–H and O–H groups in total. The lowest BCUT2D eigenvalue weighted by molar-refractivity contribution is 0.215. The molecule has 1 heterocycles. The number of rotatable bonds is 5. The third-order valence-electron chi connectivity index (χ3n) is 5.03. The van der Waals surface area contributed by atoms with E-state index < -0.39 is 10.0 Å². The number of anilines is 1. The lowest BCUT2D eigenvalue weighted by atomic mass is 9.92. The molecule has 1 aliphatic rings. The third kappa shape index (κ3) is 3.78. The molecule has 150 valence electrons. The minimum absolute atomic E-state index is 0.0251. The Labute approximate surface area is 175 Å². The van der Waals surface area contributed by atoms with Crippen molar-refractivity contribution in [3.05, 3.63) is 82.9 Å². The van der Waals surface area contributed by atoms with Crippen molar-refractivity contribution < 1.29 is 17.9 Å². The third-order valence-corrected chi connectivity index (χ3v) is 6.66. The summed E-state index contributed by atoms with van der Waals surface area (Å²) in [5.41, 5.74) is 2.29. The molecule has 0 bridgehead atoms. The van der Waals surface area contributed by atoms with Crippen molar-refractivity contribution in [2.24, 2.45) is 0 Å². The van der Waals surface area contributed by atoms with Crippen LogP contribution in [0.3, 0.4) is 0 Å². The van der Waals surface area contributed by atoms with Crippen molar-refractivity contribution in [3.8, 4) is 11.5 Å². The van der Waals surface area contributed by atoms with E-state index in [1.807, 2.05) is 31.2 Å². The standard InChI is InChI=1S/C22H20ClNO4S/c1-14-18-12-19(24-29(25,26)17-6-4-3-5-7-17)21(27-2)13-20(18)28-22(14)15-8-10-16(23)11-9-15/h3-14,22,24H,1-2H3/t14-,22-/m0/s1. The van der Waals surface area contributed by atoms with Gasteiger partial charge in [-0.15, -0.1) is 0 Å². The second kappa shape index (κ2) is 7.61. The van der Waals surface area contributed by atoms with E-state index in [2.05, 4.69) is 4.72 Å². The zero-order chi connectivity index (χ0) is 20.6. The molecule has 0 radical (unpaired) electrons. The van der Waals surface area contributed by atoms with E-state index in [1.165, 1.54) is 7.11 Å². The van der Waals surface area contributed by atoms with Gasteiger partial charge >= 0.3 is 0 Å². The van der Waals surface area contributed by atoms with Gasteiger partial charge in [-0.2, -0.15) is 0 Å². The minimum Gasteiger partial charge on any atom is -0.494 e. The molecule has 29 heavy (non-hydrogen) atoms. The summed E-state index contributed by atoms with van der Waals surface area (Å²) in [6.45, 7) is 2.05. The van der Waals surface area contributed by atoms with Crippen LogP contribution in [0.5, 0.6) is 11.5 Å². The quantitative estimate of drug-likeness (QED) is 0.590. The Bertz CT molecular complexity index is 1130. The summed E-state index contributed by atoms with van der Waals surface area (Å²) < 4.78 is 39.7. The summed E-state index contributed by atoms with van der Waals surface area (Å²) in [6.07, 6.45) is -0.187. The second-order valence-corrected chi connectivity index (χ2v) is 9.01. The summed E-state index contributed by atoms with van der Waals surface area (Å²) in [5.74, 6) is 1.10. The Morgan fingerprint density at radius 3 is 2.38 bits per heavy atom. The molecule has 0 spiro atoms. The van der Waals surface area contributed by atoms with Gasteiger partial charge in [-0.05, 0) is 35.9 Å². The molecular formula is C22H20ClNO4S. The molecule has 0 unspecified atom stereocenters. The Morgan fingerprint density at radius 1 is 1.03 bits per heavy atom. The molecule has 0 saturated heterocycles. The highest BCUT2D eigenvalue weighted by atomic mass is 35.5. The maximum absolute atomic E-state index is 12.8. The van der Waals surface area contributed by atoms with Gasteiger partial charge in [-0.3, -0.25) is 4.72 Å². The predicted molar refractivity (Wildman–Crippen MR) is 113 cm³/mol. The van der Waals surface area contributed by atoms with Crippen molar-refractivity contribution in [2.75, 3.05) is 11.8 Å². The van der Waals surface area contributed by atoms with Crippen LogP contribution >= 0.6 is 11.6 Å². The van der Waals surface area contributed by atoms with Gasteiger partial charge in [0.1, 0.15) is 17.6 Å². The topological polar surface area (TPSA) is 64.6 Å². The molecule has 7 heteroatoms. The van der Waals surface area contributed by atoms with Crippen LogP contribution in [-0.2, 0) is 10.0 Å². The Balaban J connectivity index is 1.68. The summed E-state index contributed by atoms with van der Waals surface area (Å²) >= 11 is 5.99. The monoisotopic (exact) mass is 429 g/mol. The number of fused-ring (bicyclic) bond motifs is 1. The zero-order valence-electron chi connectivity index (χ0n) is 15.9. The number of halogens is 1. The van der Waals surface area contributed by atoms with E-state index in [1.54, 1.807) is 42.5 Å². The zero-order valence-corrected chi connectivity index (χ0v) is 17.5. The number of benzene rings is 3. The molecule has 0 aliphatic carbocycles. The number of sulfonamides is 1. The van der Waals surface area contributed by atoms with Crippen molar-refractivity contribution in [1.82, 2.24) is 0 Å². The average molecular weight is 430 g/mol. The second-order valence-electron chi connectivity index (χ2n) is 6.89. The van der Waals surface area contributed by atoms with Crippen LogP contribution in [0.15, 0.2) is 71.6 Å². The van der Waals surface area contributed by atoms with Gasteiger partial charge in [0.05, 0.1) is 17.7 Å². The van der Waals surface area contributed by atoms with Crippen LogP contribution in [0, 0.1) is 0 Å². The van der Waals surface area contributed by atoms with E-state index in [4.69, 9.17) is 21.1 Å². The van der Waals surface area contributed by atoms with Crippen molar-refractivity contribution in [3.63, 3.8) is 0 Å². The van der Waals surface area contributed by atoms with Gasteiger partial charge in [0.15, 0.2) is 0 Å². The van der Waals surface area contributed by atoms with Gasteiger partial charge in [-0.25, -0.2) is 8.42 Å². The van der Waals surface area contributed by atoms with Crippen molar-refractivity contribution >= 4 is 27.3 Å². The number of hydrogen-bond acceptors (Lipinski definition) is 4. The molecular weight excluding hydrogens is 410 g/mol. The molecule has 1 aliphatic heterocycles. The number of methoxy groups -OCH3 is 1. The van der Waals surface area contributed by atoms with Gasteiger partial charge < -0.3 is 9.47 Å². The maximum Gasteiger partial charge on any atom is 0.262 e. The number of nitrogens with one attached hydrogen (secondary N) is 1. The minimum atomic E-state index is -3.74. The lowest BCUT2D eigenvalue weighted by Gasteiger charge is -2.15. The van der Waals surface area contributed by atoms with Gasteiger partial charge in [-0.1, -0.05) is 48.9 Å². The molecule has 0 aromatic heterocycles. The van der Waals surface area contributed by atoms with Crippen molar-refractivity contribution in [2.45, 2.75) is 23.8 Å². The SMILES string of the molecule is COc1cc2c(cc1NS(=O)(=O)c1ccccc1)[C@H](C)[C@@H](c1ccc(Cl)cc1)O2. The van der Waals surface area contributed by atoms with Crippen LogP contribution in [0.1, 0.15) is 30.1 Å². The van der Waals surface area contributed by atoms with Crippen molar-refractivity contribution in [1.29, 1.82) is 0 Å². The highest BCUT2D eigenvalue weighted by Crippen LogP contribution is 2.49. The van der Waals surface area contributed by atoms with E-state index in [9.17, 15) is 8.42 Å². The fraction of sp³-hybridized carbons (Fsp3) is 0.182. The lowest BCUT2D eigenvalue weighted by Crippen LogP contribution is -2.13. The summed E-state index contributed by atoms with van der Waals surface area (Å²) in [5, 5.41) is 0.663. The Morgan fingerprint density at radius 2 is 1.72 bits per heavy atom. The maximum atomic E-state index is 12.8. The van der Waals surface area contributed by atoms with E-state index in [-0.39, 0.29) is 16.9 Å². The van der Waals surface area contributed by atoms with Gasteiger partial charge in [0.25, 0.3) is 10.0 Å². The molecule has 0 fully saturated rings. The molecule has 2 atom stereocenters. The first kappa shape index (κ1) is 19.6. The smallest absolute Gasteiger partial charge is 0.262 e. The molecule has 3 aromatic rings. The van der Waals surface area contributed by atoms with Gasteiger partial charge in [0.2, 0.25) is 0 Å². The fourth-order valence-electron chi connectivity index (χ4n) is 3.50. The van der Waals surface area contributed by atoms with E-state index in [0.717, 1.165) is 11.1 Å². The van der Waals surface area contributed by atoms with Crippen LogP contribution < -0.4 is 14.2 Å². The van der Waals surface area contributed by atoms with Gasteiger partial charge in [0, 0.05) is 22.6 Å². The normalized spacial score (nSPS) is 18.0. The molecule has 0 saturated carbocycles. The summed E-state index contributed by atoms with van der Waals surface area (Å²) in [7, 11) is -2.24. The molecule has 4 rings (SSSR count).